The van der Waals surface area contributed by atoms with Crippen molar-refractivity contribution in [3.63, 3.8) is 0 Å². The SMILES string of the molecule is O=c1ccccn1CCN1CCCC1CO. The fourth-order valence-corrected chi connectivity index (χ4v) is 2.28. The van der Waals surface area contributed by atoms with Crippen LogP contribution in [0.2, 0.25) is 0 Å². The number of rotatable bonds is 4. The average Bonchev–Trinajstić information content (AvgIpc) is 2.75. The highest BCUT2D eigenvalue weighted by atomic mass is 16.3. The Balaban J connectivity index is 1.92. The van der Waals surface area contributed by atoms with Gasteiger partial charge in [-0.15, -0.1) is 0 Å². The molecule has 1 saturated heterocycles. The smallest absolute Gasteiger partial charge is 0.250 e. The maximum absolute atomic E-state index is 11.5. The van der Waals surface area contributed by atoms with E-state index in [2.05, 4.69) is 4.90 Å². The standard InChI is InChI=1S/C12H18N2O2/c15-10-11-4-3-7-13(11)8-9-14-6-2-1-5-12(14)16/h1-2,5-6,11,15H,3-4,7-10H2. The van der Waals surface area contributed by atoms with Gasteiger partial charge in [0, 0.05) is 31.4 Å². The zero-order chi connectivity index (χ0) is 11.4. The van der Waals surface area contributed by atoms with Crippen molar-refractivity contribution < 1.29 is 5.11 Å². The number of aliphatic hydroxyl groups is 1. The summed E-state index contributed by atoms with van der Waals surface area (Å²) in [4.78, 5) is 13.7. The second-order valence-corrected chi connectivity index (χ2v) is 4.25. The van der Waals surface area contributed by atoms with Crippen LogP contribution in [0.1, 0.15) is 12.8 Å². The number of likely N-dealkylation sites (tertiary alicyclic amines) is 1. The topological polar surface area (TPSA) is 45.5 Å². The molecule has 1 unspecified atom stereocenters. The molecule has 1 aliphatic heterocycles. The number of hydrogen-bond donors (Lipinski definition) is 1. The summed E-state index contributed by atoms with van der Waals surface area (Å²) < 4.78 is 1.72. The molecule has 2 rings (SSSR count). The molecule has 88 valence electrons. The third-order valence-corrected chi connectivity index (χ3v) is 3.24. The Kier molecular flexibility index (Phi) is 3.74. The second kappa shape index (κ2) is 5.27. The lowest BCUT2D eigenvalue weighted by molar-refractivity contribution is 0.155. The number of nitrogens with zero attached hydrogens (tertiary/aromatic N) is 2. The van der Waals surface area contributed by atoms with Crippen LogP contribution in [0.15, 0.2) is 29.2 Å². The monoisotopic (exact) mass is 222 g/mol. The third kappa shape index (κ3) is 2.51. The first-order valence-corrected chi connectivity index (χ1v) is 5.81. The van der Waals surface area contributed by atoms with Crippen molar-refractivity contribution in [2.75, 3.05) is 19.7 Å². The van der Waals surface area contributed by atoms with Gasteiger partial charge in [0.25, 0.3) is 5.56 Å². The molecule has 1 atom stereocenters. The lowest BCUT2D eigenvalue weighted by Gasteiger charge is -2.22. The van der Waals surface area contributed by atoms with Crippen LogP contribution in [0, 0.1) is 0 Å². The quantitative estimate of drug-likeness (QED) is 0.797. The molecule has 2 heterocycles. The van der Waals surface area contributed by atoms with E-state index in [0.717, 1.165) is 25.9 Å². The highest BCUT2D eigenvalue weighted by Crippen LogP contribution is 2.15. The van der Waals surface area contributed by atoms with Gasteiger partial charge in [-0.2, -0.15) is 0 Å². The molecular weight excluding hydrogens is 204 g/mol. The Bertz CT molecular complexity index is 389. The van der Waals surface area contributed by atoms with Gasteiger partial charge in [0.15, 0.2) is 0 Å². The molecular formula is C12H18N2O2. The van der Waals surface area contributed by atoms with Crippen LogP contribution in [0.5, 0.6) is 0 Å². The fraction of sp³-hybridized carbons (Fsp3) is 0.583. The summed E-state index contributed by atoms with van der Waals surface area (Å²) in [5.41, 5.74) is 0.0437. The van der Waals surface area contributed by atoms with Crippen LogP contribution in [0.25, 0.3) is 0 Å². The summed E-state index contributed by atoms with van der Waals surface area (Å²) in [5.74, 6) is 0. The van der Waals surface area contributed by atoms with E-state index in [9.17, 15) is 9.90 Å². The Labute approximate surface area is 95.1 Å². The zero-order valence-corrected chi connectivity index (χ0v) is 9.38. The van der Waals surface area contributed by atoms with Gasteiger partial charge < -0.3 is 9.67 Å². The fourth-order valence-electron chi connectivity index (χ4n) is 2.28. The van der Waals surface area contributed by atoms with E-state index < -0.39 is 0 Å². The van der Waals surface area contributed by atoms with Gasteiger partial charge in [0.2, 0.25) is 0 Å². The normalized spacial score (nSPS) is 21.4. The Morgan fingerprint density at radius 2 is 2.25 bits per heavy atom. The van der Waals surface area contributed by atoms with Gasteiger partial charge in [0.1, 0.15) is 0 Å². The summed E-state index contributed by atoms with van der Waals surface area (Å²) in [6.07, 6.45) is 4.03. The molecule has 0 aliphatic carbocycles. The van der Waals surface area contributed by atoms with E-state index in [1.165, 1.54) is 0 Å². The Morgan fingerprint density at radius 1 is 1.38 bits per heavy atom. The summed E-state index contributed by atoms with van der Waals surface area (Å²) in [6.45, 7) is 2.81. The molecule has 0 saturated carbocycles. The lowest BCUT2D eigenvalue weighted by atomic mass is 10.2. The molecule has 1 aromatic rings. The van der Waals surface area contributed by atoms with Crippen LogP contribution < -0.4 is 5.56 Å². The highest BCUT2D eigenvalue weighted by Gasteiger charge is 2.22. The van der Waals surface area contributed by atoms with Crippen molar-refractivity contribution in [1.82, 2.24) is 9.47 Å². The van der Waals surface area contributed by atoms with E-state index in [4.69, 9.17) is 0 Å². The van der Waals surface area contributed by atoms with E-state index in [0.29, 0.717) is 12.6 Å². The number of pyridine rings is 1. The number of hydrogen-bond acceptors (Lipinski definition) is 3. The van der Waals surface area contributed by atoms with E-state index in [-0.39, 0.29) is 12.2 Å². The van der Waals surface area contributed by atoms with Gasteiger partial charge in [-0.25, -0.2) is 0 Å². The first-order valence-electron chi connectivity index (χ1n) is 5.81. The molecule has 1 aromatic heterocycles. The van der Waals surface area contributed by atoms with E-state index >= 15 is 0 Å². The minimum atomic E-state index is 0.0437. The minimum Gasteiger partial charge on any atom is -0.395 e. The first kappa shape index (κ1) is 11.4. The predicted octanol–water partition coefficient (Wildman–Crippen LogP) is 0.305. The largest absolute Gasteiger partial charge is 0.395 e. The number of aromatic nitrogens is 1. The molecule has 0 aromatic carbocycles. The average molecular weight is 222 g/mol. The maximum Gasteiger partial charge on any atom is 0.250 e. The van der Waals surface area contributed by atoms with Crippen molar-refractivity contribution in [3.8, 4) is 0 Å². The van der Waals surface area contributed by atoms with Gasteiger partial charge in [0.05, 0.1) is 6.61 Å². The summed E-state index contributed by atoms with van der Waals surface area (Å²) >= 11 is 0. The maximum atomic E-state index is 11.5. The third-order valence-electron chi connectivity index (χ3n) is 3.24. The van der Waals surface area contributed by atoms with Crippen LogP contribution in [0.4, 0.5) is 0 Å². The molecule has 4 nitrogen and oxygen atoms in total. The molecule has 1 N–H and O–H groups in total. The van der Waals surface area contributed by atoms with Gasteiger partial charge in [-0.05, 0) is 25.5 Å². The molecule has 4 heteroatoms. The van der Waals surface area contributed by atoms with Crippen molar-refractivity contribution in [3.05, 3.63) is 34.7 Å². The van der Waals surface area contributed by atoms with Crippen molar-refractivity contribution in [1.29, 1.82) is 0 Å². The molecule has 16 heavy (non-hydrogen) atoms. The van der Waals surface area contributed by atoms with Crippen LogP contribution in [-0.4, -0.2) is 40.3 Å². The summed E-state index contributed by atoms with van der Waals surface area (Å²) in [7, 11) is 0. The highest BCUT2D eigenvalue weighted by molar-refractivity contribution is 4.93. The second-order valence-electron chi connectivity index (χ2n) is 4.25. The predicted molar refractivity (Wildman–Crippen MR) is 62.4 cm³/mol. The Morgan fingerprint density at radius 3 is 3.00 bits per heavy atom. The molecule has 0 bridgehead atoms. The van der Waals surface area contributed by atoms with Crippen molar-refractivity contribution >= 4 is 0 Å². The molecule has 1 fully saturated rings. The van der Waals surface area contributed by atoms with Crippen molar-refractivity contribution in [2.45, 2.75) is 25.4 Å². The van der Waals surface area contributed by atoms with Crippen LogP contribution >= 0.6 is 0 Å². The zero-order valence-electron chi connectivity index (χ0n) is 9.38. The Hall–Kier alpha value is -1.13. The lowest BCUT2D eigenvalue weighted by Crippen LogP contribution is -2.36. The van der Waals surface area contributed by atoms with Gasteiger partial charge >= 0.3 is 0 Å². The van der Waals surface area contributed by atoms with Gasteiger partial charge in [-0.1, -0.05) is 6.07 Å². The molecule has 0 spiro atoms. The van der Waals surface area contributed by atoms with Gasteiger partial charge in [-0.3, -0.25) is 9.69 Å². The summed E-state index contributed by atoms with van der Waals surface area (Å²) in [6, 6.07) is 5.49. The number of aliphatic hydroxyl groups excluding tert-OH is 1. The van der Waals surface area contributed by atoms with E-state index in [1.54, 1.807) is 16.7 Å². The molecule has 0 amide bonds. The van der Waals surface area contributed by atoms with E-state index in [1.807, 2.05) is 12.3 Å². The first-order chi connectivity index (χ1) is 7.81. The summed E-state index contributed by atoms with van der Waals surface area (Å²) in [5, 5.41) is 9.18. The molecule has 1 aliphatic rings. The van der Waals surface area contributed by atoms with Crippen LogP contribution in [-0.2, 0) is 6.54 Å². The minimum absolute atomic E-state index is 0.0437. The van der Waals surface area contributed by atoms with Crippen LogP contribution in [0.3, 0.4) is 0 Å². The molecule has 0 radical (unpaired) electrons. The van der Waals surface area contributed by atoms with Crippen molar-refractivity contribution in [2.24, 2.45) is 0 Å².